The molecule has 0 spiro atoms. The van der Waals surface area contributed by atoms with Crippen LogP contribution in [0.4, 0.5) is 8.78 Å². The van der Waals surface area contributed by atoms with Crippen LogP contribution >= 0.6 is 0 Å². The Morgan fingerprint density at radius 2 is 1.59 bits per heavy atom. The highest BCUT2D eigenvalue weighted by atomic mass is 19.2. The van der Waals surface area contributed by atoms with Gasteiger partial charge in [-0.25, -0.2) is 13.6 Å². The minimum absolute atomic E-state index is 0.0129. The maximum atomic E-state index is 13.3. The standard InChI is InChI=1S/C28H28F2O2/c1-19(21-5-3-2-4-6-21)17-20-7-9-22(10-8-20)23-11-13-24(14-12-23)28(31)32-25-15-16-26(29)27(30)18-25/h2-6,11-16,18-20,22H,7-10,17H2,1H3/t19-,20?,22?/m0/s1. The second-order valence-electron chi connectivity index (χ2n) is 8.85. The second kappa shape index (κ2) is 10.1. The molecule has 0 aliphatic heterocycles. The van der Waals surface area contributed by atoms with E-state index in [2.05, 4.69) is 37.3 Å². The first-order valence-corrected chi connectivity index (χ1v) is 11.3. The van der Waals surface area contributed by atoms with Gasteiger partial charge in [-0.15, -0.1) is 0 Å². The summed E-state index contributed by atoms with van der Waals surface area (Å²) in [6.45, 7) is 2.32. The van der Waals surface area contributed by atoms with Gasteiger partial charge in [-0.2, -0.15) is 0 Å². The van der Waals surface area contributed by atoms with Crippen molar-refractivity contribution in [3.8, 4) is 5.75 Å². The van der Waals surface area contributed by atoms with E-state index in [1.54, 1.807) is 12.1 Å². The zero-order valence-electron chi connectivity index (χ0n) is 18.3. The third kappa shape index (κ3) is 5.42. The molecule has 1 aliphatic carbocycles. The van der Waals surface area contributed by atoms with Crippen LogP contribution in [0.15, 0.2) is 72.8 Å². The normalized spacial score (nSPS) is 19.3. The highest BCUT2D eigenvalue weighted by molar-refractivity contribution is 5.91. The van der Waals surface area contributed by atoms with Crippen LogP contribution in [0, 0.1) is 17.6 Å². The van der Waals surface area contributed by atoms with Crippen LogP contribution in [-0.2, 0) is 0 Å². The molecule has 1 saturated carbocycles. The lowest BCUT2D eigenvalue weighted by Gasteiger charge is -2.30. The van der Waals surface area contributed by atoms with Crippen molar-refractivity contribution in [3.05, 3.63) is 101 Å². The fraction of sp³-hybridized carbons (Fsp3) is 0.321. The molecule has 4 heteroatoms. The Balaban J connectivity index is 1.30. The topological polar surface area (TPSA) is 26.3 Å². The van der Waals surface area contributed by atoms with Crippen LogP contribution < -0.4 is 4.74 Å². The SMILES string of the molecule is C[C@@H](CC1CCC(c2ccc(C(=O)Oc3ccc(F)c(F)c3)cc2)CC1)c1ccccc1. The van der Waals surface area contributed by atoms with Gasteiger partial charge >= 0.3 is 5.97 Å². The molecule has 1 fully saturated rings. The predicted molar refractivity (Wildman–Crippen MR) is 122 cm³/mol. The van der Waals surface area contributed by atoms with Gasteiger partial charge in [0, 0.05) is 6.07 Å². The van der Waals surface area contributed by atoms with Gasteiger partial charge in [-0.05, 0) is 85.3 Å². The molecule has 3 aromatic carbocycles. The molecule has 2 nitrogen and oxygen atoms in total. The minimum atomic E-state index is -1.04. The average molecular weight is 435 g/mol. The van der Waals surface area contributed by atoms with Gasteiger partial charge in [-0.3, -0.25) is 0 Å². The first-order chi connectivity index (χ1) is 15.5. The van der Waals surface area contributed by atoms with E-state index in [9.17, 15) is 13.6 Å². The Labute approximate surface area is 188 Å². The Kier molecular flexibility index (Phi) is 6.99. The predicted octanol–water partition coefficient (Wildman–Crippen LogP) is 7.65. The summed E-state index contributed by atoms with van der Waals surface area (Å²) < 4.78 is 31.5. The fourth-order valence-electron chi connectivity index (χ4n) is 4.75. The molecule has 0 amide bonds. The number of carbonyl (C=O) groups excluding carboxylic acids is 1. The molecule has 0 N–H and O–H groups in total. The Bertz CT molecular complexity index is 1040. The molecule has 3 aromatic rings. The van der Waals surface area contributed by atoms with E-state index >= 15 is 0 Å². The van der Waals surface area contributed by atoms with Crippen molar-refractivity contribution in [1.29, 1.82) is 0 Å². The molecule has 0 aromatic heterocycles. The molecular weight excluding hydrogens is 406 g/mol. The highest BCUT2D eigenvalue weighted by Crippen LogP contribution is 2.39. The van der Waals surface area contributed by atoms with Crippen LogP contribution in [-0.4, -0.2) is 5.97 Å². The van der Waals surface area contributed by atoms with Gasteiger partial charge in [0.15, 0.2) is 11.6 Å². The third-order valence-electron chi connectivity index (χ3n) is 6.62. The molecule has 0 radical (unpaired) electrons. The largest absolute Gasteiger partial charge is 0.423 e. The Morgan fingerprint density at radius 3 is 2.25 bits per heavy atom. The van der Waals surface area contributed by atoms with Crippen molar-refractivity contribution >= 4 is 5.97 Å². The molecule has 166 valence electrons. The highest BCUT2D eigenvalue weighted by Gasteiger charge is 2.24. The van der Waals surface area contributed by atoms with Crippen LogP contribution in [0.25, 0.3) is 0 Å². The molecule has 1 aliphatic rings. The van der Waals surface area contributed by atoms with Crippen LogP contribution in [0.5, 0.6) is 5.75 Å². The lowest BCUT2D eigenvalue weighted by Crippen LogP contribution is -2.15. The van der Waals surface area contributed by atoms with Gasteiger partial charge in [0.2, 0.25) is 0 Å². The zero-order valence-corrected chi connectivity index (χ0v) is 18.3. The Morgan fingerprint density at radius 1 is 0.906 bits per heavy atom. The number of esters is 1. The Hall–Kier alpha value is -3.01. The van der Waals surface area contributed by atoms with E-state index in [1.807, 2.05) is 12.1 Å². The third-order valence-corrected chi connectivity index (χ3v) is 6.62. The van der Waals surface area contributed by atoms with Crippen molar-refractivity contribution in [3.63, 3.8) is 0 Å². The summed E-state index contributed by atoms with van der Waals surface area (Å²) in [6, 6.07) is 21.2. The van der Waals surface area contributed by atoms with Crippen LogP contribution in [0.1, 0.15) is 72.3 Å². The van der Waals surface area contributed by atoms with E-state index in [0.29, 0.717) is 17.4 Å². The van der Waals surface area contributed by atoms with Crippen molar-refractivity contribution < 1.29 is 18.3 Å². The van der Waals surface area contributed by atoms with E-state index in [-0.39, 0.29) is 5.75 Å². The van der Waals surface area contributed by atoms with Gasteiger partial charge < -0.3 is 4.74 Å². The summed E-state index contributed by atoms with van der Waals surface area (Å²) in [6.07, 6.45) is 5.99. The van der Waals surface area contributed by atoms with Gasteiger partial charge in [-0.1, -0.05) is 49.4 Å². The van der Waals surface area contributed by atoms with Gasteiger partial charge in [0.05, 0.1) is 5.56 Å². The number of hydrogen-bond acceptors (Lipinski definition) is 2. The molecule has 0 unspecified atom stereocenters. The molecule has 0 heterocycles. The molecule has 32 heavy (non-hydrogen) atoms. The van der Waals surface area contributed by atoms with E-state index in [0.717, 1.165) is 30.9 Å². The van der Waals surface area contributed by atoms with Crippen molar-refractivity contribution in [2.45, 2.75) is 50.9 Å². The summed E-state index contributed by atoms with van der Waals surface area (Å²) in [4.78, 5) is 12.3. The maximum absolute atomic E-state index is 13.3. The van der Waals surface area contributed by atoms with E-state index in [1.165, 1.54) is 36.5 Å². The number of halogens is 2. The first-order valence-electron chi connectivity index (χ1n) is 11.3. The summed E-state index contributed by atoms with van der Waals surface area (Å²) in [7, 11) is 0. The number of ether oxygens (including phenoxy) is 1. The van der Waals surface area contributed by atoms with Crippen molar-refractivity contribution in [2.24, 2.45) is 5.92 Å². The lowest BCUT2D eigenvalue weighted by atomic mass is 9.75. The summed E-state index contributed by atoms with van der Waals surface area (Å²) in [5, 5.41) is 0. The molecule has 4 rings (SSSR count). The maximum Gasteiger partial charge on any atom is 0.343 e. The fourth-order valence-corrected chi connectivity index (χ4v) is 4.75. The van der Waals surface area contributed by atoms with Gasteiger partial charge in [0.25, 0.3) is 0 Å². The smallest absolute Gasteiger partial charge is 0.343 e. The molecule has 1 atom stereocenters. The van der Waals surface area contributed by atoms with E-state index in [4.69, 9.17) is 4.74 Å². The second-order valence-corrected chi connectivity index (χ2v) is 8.85. The minimum Gasteiger partial charge on any atom is -0.423 e. The number of hydrogen-bond donors (Lipinski definition) is 0. The van der Waals surface area contributed by atoms with Gasteiger partial charge in [0.1, 0.15) is 5.75 Å². The van der Waals surface area contributed by atoms with Crippen molar-refractivity contribution in [1.82, 2.24) is 0 Å². The zero-order chi connectivity index (χ0) is 22.5. The monoisotopic (exact) mass is 434 g/mol. The van der Waals surface area contributed by atoms with Crippen LogP contribution in [0.3, 0.4) is 0 Å². The number of rotatable bonds is 6. The summed E-state index contributed by atoms with van der Waals surface area (Å²) in [5.74, 6) is -0.765. The van der Waals surface area contributed by atoms with E-state index < -0.39 is 17.6 Å². The molecule has 0 bridgehead atoms. The molecular formula is C28H28F2O2. The average Bonchev–Trinajstić information content (AvgIpc) is 2.82. The van der Waals surface area contributed by atoms with Crippen LogP contribution in [0.2, 0.25) is 0 Å². The first kappa shape index (κ1) is 22.2. The van der Waals surface area contributed by atoms with Crippen molar-refractivity contribution in [2.75, 3.05) is 0 Å². The summed E-state index contributed by atoms with van der Waals surface area (Å²) >= 11 is 0. The lowest BCUT2D eigenvalue weighted by molar-refractivity contribution is 0.0734. The number of benzene rings is 3. The summed E-state index contributed by atoms with van der Waals surface area (Å²) in [5.41, 5.74) is 3.05. The quantitative estimate of drug-likeness (QED) is 0.294. The molecule has 0 saturated heterocycles. The number of carbonyl (C=O) groups is 1.